The third-order valence-electron chi connectivity index (χ3n) is 3.57. The van der Waals surface area contributed by atoms with Gasteiger partial charge in [0, 0.05) is 6.04 Å². The molecule has 15 heavy (non-hydrogen) atoms. The Labute approximate surface area is 95.3 Å². The van der Waals surface area contributed by atoms with Crippen molar-refractivity contribution in [3.8, 4) is 0 Å². The van der Waals surface area contributed by atoms with Crippen LogP contribution in [-0.4, -0.2) is 12.6 Å². The summed E-state index contributed by atoms with van der Waals surface area (Å²) in [4.78, 5) is 0. The fraction of sp³-hybridized carbons (Fsp3) is 0.857. The first-order valence-electron chi connectivity index (χ1n) is 6.61. The second-order valence-electron chi connectivity index (χ2n) is 5.06. The van der Waals surface area contributed by atoms with Gasteiger partial charge in [-0.3, -0.25) is 0 Å². The summed E-state index contributed by atoms with van der Waals surface area (Å²) >= 11 is 0. The Bertz CT molecular complexity index is 186. The maximum Gasteiger partial charge on any atom is 0.00953 e. The van der Waals surface area contributed by atoms with Crippen LogP contribution in [0.4, 0.5) is 0 Å². The zero-order chi connectivity index (χ0) is 11.1. The molecule has 0 aromatic carbocycles. The molecule has 0 bridgehead atoms. The molecule has 0 saturated heterocycles. The van der Waals surface area contributed by atoms with Crippen LogP contribution < -0.4 is 5.32 Å². The third-order valence-corrected chi connectivity index (χ3v) is 3.57. The molecular weight excluding hydrogens is 182 g/mol. The van der Waals surface area contributed by atoms with Crippen LogP contribution in [0.15, 0.2) is 12.2 Å². The van der Waals surface area contributed by atoms with Crippen molar-refractivity contribution in [2.24, 2.45) is 5.92 Å². The molecule has 0 aromatic heterocycles. The Hall–Kier alpha value is -0.300. The molecule has 0 amide bonds. The SMILES string of the molecule is C=C(C)CCC1CCCCCC1NCC. The van der Waals surface area contributed by atoms with Crippen molar-refractivity contribution >= 4 is 0 Å². The van der Waals surface area contributed by atoms with Crippen molar-refractivity contribution in [3.63, 3.8) is 0 Å². The smallest absolute Gasteiger partial charge is 0.00953 e. The van der Waals surface area contributed by atoms with E-state index in [9.17, 15) is 0 Å². The van der Waals surface area contributed by atoms with Crippen LogP contribution in [-0.2, 0) is 0 Å². The van der Waals surface area contributed by atoms with Gasteiger partial charge in [0.1, 0.15) is 0 Å². The summed E-state index contributed by atoms with van der Waals surface area (Å²) in [6, 6.07) is 0.775. The van der Waals surface area contributed by atoms with E-state index in [1.54, 1.807) is 0 Å². The molecule has 1 saturated carbocycles. The molecule has 1 fully saturated rings. The average Bonchev–Trinajstić information content (AvgIpc) is 2.41. The van der Waals surface area contributed by atoms with Gasteiger partial charge >= 0.3 is 0 Å². The molecule has 2 atom stereocenters. The third kappa shape index (κ3) is 4.83. The van der Waals surface area contributed by atoms with Gasteiger partial charge in [0.15, 0.2) is 0 Å². The van der Waals surface area contributed by atoms with Gasteiger partial charge in [-0.2, -0.15) is 0 Å². The first kappa shape index (κ1) is 12.8. The lowest BCUT2D eigenvalue weighted by atomic mass is 9.89. The van der Waals surface area contributed by atoms with Crippen molar-refractivity contribution < 1.29 is 0 Å². The van der Waals surface area contributed by atoms with Crippen LogP contribution in [0.5, 0.6) is 0 Å². The van der Waals surface area contributed by atoms with Gasteiger partial charge in [-0.15, -0.1) is 6.58 Å². The second kappa shape index (κ2) is 7.05. The minimum atomic E-state index is 0.775. The fourth-order valence-corrected chi connectivity index (χ4v) is 2.69. The van der Waals surface area contributed by atoms with Gasteiger partial charge < -0.3 is 5.32 Å². The summed E-state index contributed by atoms with van der Waals surface area (Å²) in [5.41, 5.74) is 1.34. The average molecular weight is 209 g/mol. The van der Waals surface area contributed by atoms with Crippen LogP contribution in [0.2, 0.25) is 0 Å². The highest BCUT2D eigenvalue weighted by Gasteiger charge is 2.22. The zero-order valence-corrected chi connectivity index (χ0v) is 10.5. The van der Waals surface area contributed by atoms with Gasteiger partial charge in [-0.25, -0.2) is 0 Å². The van der Waals surface area contributed by atoms with E-state index in [2.05, 4.69) is 25.7 Å². The largest absolute Gasteiger partial charge is 0.314 e. The lowest BCUT2D eigenvalue weighted by Crippen LogP contribution is -2.35. The van der Waals surface area contributed by atoms with Crippen molar-refractivity contribution in [1.29, 1.82) is 0 Å². The molecule has 0 spiro atoms. The summed E-state index contributed by atoms with van der Waals surface area (Å²) in [5.74, 6) is 0.893. The fourth-order valence-electron chi connectivity index (χ4n) is 2.69. The highest BCUT2D eigenvalue weighted by Crippen LogP contribution is 2.27. The van der Waals surface area contributed by atoms with E-state index < -0.39 is 0 Å². The summed E-state index contributed by atoms with van der Waals surface area (Å²) in [5, 5.41) is 3.67. The molecule has 2 unspecified atom stereocenters. The van der Waals surface area contributed by atoms with Crippen molar-refractivity contribution in [2.45, 2.75) is 64.8 Å². The van der Waals surface area contributed by atoms with Gasteiger partial charge in [-0.05, 0) is 45.1 Å². The standard InChI is InChI=1S/C14H27N/c1-4-15-14-9-7-5-6-8-13(14)11-10-12(2)3/h13-15H,2,4-11H2,1,3H3. The summed E-state index contributed by atoms with van der Waals surface area (Å²) in [6.45, 7) is 9.51. The maximum absolute atomic E-state index is 4.01. The number of hydrogen-bond acceptors (Lipinski definition) is 1. The molecular formula is C14H27N. The lowest BCUT2D eigenvalue weighted by molar-refractivity contribution is 0.321. The van der Waals surface area contributed by atoms with Crippen molar-refractivity contribution in [3.05, 3.63) is 12.2 Å². The molecule has 0 aromatic rings. The van der Waals surface area contributed by atoms with Crippen molar-refractivity contribution in [1.82, 2.24) is 5.32 Å². The molecule has 1 rings (SSSR count). The predicted molar refractivity (Wildman–Crippen MR) is 68.1 cm³/mol. The molecule has 1 aliphatic rings. The van der Waals surface area contributed by atoms with E-state index in [1.807, 2.05) is 0 Å². The zero-order valence-electron chi connectivity index (χ0n) is 10.5. The van der Waals surface area contributed by atoms with Gasteiger partial charge in [0.05, 0.1) is 0 Å². The molecule has 0 aliphatic heterocycles. The quantitative estimate of drug-likeness (QED) is 0.535. The highest BCUT2D eigenvalue weighted by atomic mass is 14.9. The van der Waals surface area contributed by atoms with Gasteiger partial charge in [-0.1, -0.05) is 31.8 Å². The van der Waals surface area contributed by atoms with E-state index >= 15 is 0 Å². The molecule has 1 nitrogen and oxygen atoms in total. The topological polar surface area (TPSA) is 12.0 Å². The van der Waals surface area contributed by atoms with E-state index in [0.29, 0.717) is 0 Å². The minimum absolute atomic E-state index is 0.775. The number of hydrogen-bond donors (Lipinski definition) is 1. The van der Waals surface area contributed by atoms with Crippen LogP contribution >= 0.6 is 0 Å². The predicted octanol–water partition coefficient (Wildman–Crippen LogP) is 3.90. The normalized spacial score (nSPS) is 27.3. The summed E-state index contributed by atoms with van der Waals surface area (Å²) in [6.07, 6.45) is 9.65. The first-order valence-corrected chi connectivity index (χ1v) is 6.61. The molecule has 0 radical (unpaired) electrons. The minimum Gasteiger partial charge on any atom is -0.314 e. The van der Waals surface area contributed by atoms with E-state index in [-0.39, 0.29) is 0 Å². The maximum atomic E-state index is 4.01. The molecule has 88 valence electrons. The Kier molecular flexibility index (Phi) is 6.00. The summed E-state index contributed by atoms with van der Waals surface area (Å²) in [7, 11) is 0. The number of rotatable bonds is 5. The second-order valence-corrected chi connectivity index (χ2v) is 5.06. The number of nitrogens with one attached hydrogen (secondary N) is 1. The van der Waals surface area contributed by atoms with Crippen LogP contribution in [0, 0.1) is 5.92 Å². The first-order chi connectivity index (χ1) is 7.24. The van der Waals surface area contributed by atoms with Gasteiger partial charge in [0.25, 0.3) is 0 Å². The Morgan fingerprint density at radius 2 is 2.00 bits per heavy atom. The Balaban J connectivity index is 2.42. The highest BCUT2D eigenvalue weighted by molar-refractivity contribution is 4.90. The monoisotopic (exact) mass is 209 g/mol. The van der Waals surface area contributed by atoms with Crippen molar-refractivity contribution in [2.75, 3.05) is 6.54 Å². The molecule has 1 heteroatoms. The van der Waals surface area contributed by atoms with E-state index in [0.717, 1.165) is 18.5 Å². The molecule has 1 aliphatic carbocycles. The summed E-state index contributed by atoms with van der Waals surface area (Å²) < 4.78 is 0. The van der Waals surface area contributed by atoms with Crippen LogP contribution in [0.1, 0.15) is 58.8 Å². The molecule has 0 heterocycles. The van der Waals surface area contributed by atoms with Gasteiger partial charge in [0.2, 0.25) is 0 Å². The Morgan fingerprint density at radius 3 is 2.67 bits per heavy atom. The van der Waals surface area contributed by atoms with E-state index in [4.69, 9.17) is 0 Å². The lowest BCUT2D eigenvalue weighted by Gasteiger charge is -2.26. The van der Waals surface area contributed by atoms with E-state index in [1.165, 1.54) is 50.5 Å². The van der Waals surface area contributed by atoms with Crippen LogP contribution in [0.25, 0.3) is 0 Å². The van der Waals surface area contributed by atoms with Crippen LogP contribution in [0.3, 0.4) is 0 Å². The Morgan fingerprint density at radius 1 is 1.27 bits per heavy atom. The number of allylic oxidation sites excluding steroid dienone is 1. The molecule has 1 N–H and O–H groups in total.